The number of nitrogens with zero attached hydrogens (tertiary/aromatic N) is 3. The maximum Gasteiger partial charge on any atom is 0.0991 e. The molecule has 1 aromatic heterocycles. The number of hydrogen-bond acceptors (Lipinski definition) is 3. The molecule has 288 valence electrons. The zero-order valence-corrected chi connectivity index (χ0v) is 33.7. The number of benzene rings is 9. The zero-order valence-electron chi connectivity index (χ0n) is 33.7. The molecule has 0 N–H and O–H groups in total. The van der Waals surface area contributed by atoms with Crippen molar-refractivity contribution in [2.24, 2.45) is 0 Å². The van der Waals surface area contributed by atoms with Gasteiger partial charge in [-0.25, -0.2) is 4.98 Å². The third-order valence-electron chi connectivity index (χ3n) is 11.6. The van der Waals surface area contributed by atoms with Gasteiger partial charge in [0.2, 0.25) is 0 Å². The Kier molecular flexibility index (Phi) is 10.0. The van der Waals surface area contributed by atoms with Gasteiger partial charge in [0.15, 0.2) is 0 Å². The largest absolute Gasteiger partial charge is 0.247 e. The molecule has 1 heterocycles. The normalized spacial score (nSPS) is 10.9. The topological polar surface area (TPSA) is 60.5 Å². The quantitative estimate of drug-likeness (QED) is 0.154. The summed E-state index contributed by atoms with van der Waals surface area (Å²) in [5.74, 6) is 0. The van der Waals surface area contributed by atoms with E-state index in [1.54, 1.807) is 0 Å². The van der Waals surface area contributed by atoms with Gasteiger partial charge in [0, 0.05) is 16.5 Å². The van der Waals surface area contributed by atoms with Crippen LogP contribution < -0.4 is 0 Å². The number of pyridine rings is 1. The van der Waals surface area contributed by atoms with Crippen LogP contribution in [-0.4, -0.2) is 4.98 Å². The first-order chi connectivity index (χ1) is 30.6. The molecule has 0 saturated heterocycles. The molecule has 0 amide bonds. The molecule has 0 atom stereocenters. The highest BCUT2D eigenvalue weighted by atomic mass is 14.7. The average Bonchev–Trinajstić information content (AvgIpc) is 3.36. The summed E-state index contributed by atoms with van der Waals surface area (Å²) in [5, 5.41) is 20.9. The molecule has 0 radical (unpaired) electrons. The minimum atomic E-state index is 0.638. The summed E-state index contributed by atoms with van der Waals surface area (Å²) < 4.78 is 0. The number of fused-ring (bicyclic) bond motifs is 1. The SMILES string of the molecule is N#Cc1ccc(-c2ccc(-c3cc4c(-c5ccc(-c6ccccc6)cc5)cc(-c5ccc(-c6ccccc6)cc5)cc4c(-c4ccc(-c5ccc(C#N)cc5)cc4)n3)cc2)cc1. The van der Waals surface area contributed by atoms with Crippen LogP contribution in [0.2, 0.25) is 0 Å². The van der Waals surface area contributed by atoms with Crippen LogP contribution in [0.25, 0.3) is 100 Å². The van der Waals surface area contributed by atoms with E-state index in [9.17, 15) is 10.5 Å². The van der Waals surface area contributed by atoms with Gasteiger partial charge in [-0.3, -0.25) is 0 Å². The van der Waals surface area contributed by atoms with Crippen LogP contribution in [0.4, 0.5) is 0 Å². The van der Waals surface area contributed by atoms with Crippen molar-refractivity contribution in [2.45, 2.75) is 0 Å². The molecule has 0 spiro atoms. The van der Waals surface area contributed by atoms with E-state index in [-0.39, 0.29) is 0 Å². The Hall–Kier alpha value is -8.63. The van der Waals surface area contributed by atoms with Crippen LogP contribution >= 0.6 is 0 Å². The van der Waals surface area contributed by atoms with Crippen molar-refractivity contribution in [3.63, 3.8) is 0 Å². The van der Waals surface area contributed by atoms with Gasteiger partial charge in [-0.05, 0) is 115 Å². The summed E-state index contributed by atoms with van der Waals surface area (Å²) in [5.41, 5.74) is 18.5. The summed E-state index contributed by atoms with van der Waals surface area (Å²) in [6.07, 6.45) is 0. The van der Waals surface area contributed by atoms with E-state index in [1.807, 2.05) is 60.7 Å². The Balaban J connectivity index is 1.16. The lowest BCUT2D eigenvalue weighted by atomic mass is 9.89. The molecule has 9 aromatic carbocycles. The summed E-state index contributed by atoms with van der Waals surface area (Å²) in [6.45, 7) is 0. The van der Waals surface area contributed by atoms with Crippen molar-refractivity contribution in [1.29, 1.82) is 10.5 Å². The van der Waals surface area contributed by atoms with Gasteiger partial charge >= 0.3 is 0 Å². The molecule has 0 aliphatic heterocycles. The van der Waals surface area contributed by atoms with E-state index in [0.717, 1.165) is 77.8 Å². The van der Waals surface area contributed by atoms with Gasteiger partial charge in [-0.1, -0.05) is 182 Å². The molecule has 3 nitrogen and oxygen atoms in total. The highest BCUT2D eigenvalue weighted by Crippen LogP contribution is 2.41. The number of aromatic nitrogens is 1. The lowest BCUT2D eigenvalue weighted by Crippen LogP contribution is -1.95. The Labute approximate surface area is 361 Å². The molecule has 62 heavy (non-hydrogen) atoms. The van der Waals surface area contributed by atoms with E-state index in [1.165, 1.54) is 22.3 Å². The van der Waals surface area contributed by atoms with Crippen LogP contribution in [0.15, 0.2) is 224 Å². The first kappa shape index (κ1) is 37.6. The van der Waals surface area contributed by atoms with Crippen molar-refractivity contribution in [2.75, 3.05) is 0 Å². The highest BCUT2D eigenvalue weighted by Gasteiger charge is 2.17. The number of rotatable bonds is 8. The molecular weight excluding hydrogens is 751 g/mol. The lowest BCUT2D eigenvalue weighted by Gasteiger charge is -2.17. The van der Waals surface area contributed by atoms with E-state index in [4.69, 9.17) is 4.98 Å². The summed E-state index contributed by atoms with van der Waals surface area (Å²) in [4.78, 5) is 5.50. The fraction of sp³-hybridized carbons (Fsp3) is 0. The number of nitriles is 2. The Morgan fingerprint density at radius 3 is 1.03 bits per heavy atom. The predicted molar refractivity (Wildman–Crippen MR) is 255 cm³/mol. The monoisotopic (exact) mass is 787 g/mol. The average molecular weight is 788 g/mol. The minimum Gasteiger partial charge on any atom is -0.247 e. The molecule has 0 saturated carbocycles. The molecular formula is C59H37N3. The van der Waals surface area contributed by atoms with E-state index in [0.29, 0.717) is 11.1 Å². The van der Waals surface area contributed by atoms with Crippen molar-refractivity contribution in [3.05, 3.63) is 236 Å². The smallest absolute Gasteiger partial charge is 0.0991 e. The predicted octanol–water partition coefficient (Wildman–Crippen LogP) is 15.3. The molecule has 3 heteroatoms. The van der Waals surface area contributed by atoms with Gasteiger partial charge < -0.3 is 0 Å². The highest BCUT2D eigenvalue weighted by molar-refractivity contribution is 6.07. The molecule has 10 aromatic rings. The zero-order chi connectivity index (χ0) is 41.8. The van der Waals surface area contributed by atoms with Gasteiger partial charge in [-0.2, -0.15) is 10.5 Å². The van der Waals surface area contributed by atoms with Gasteiger partial charge in [0.1, 0.15) is 0 Å². The van der Waals surface area contributed by atoms with Gasteiger partial charge in [0.05, 0.1) is 34.7 Å². The minimum absolute atomic E-state index is 0.638. The standard InChI is InChI=1S/C59H37N3/c60-38-40-11-15-44(16-12-40)48-25-31-52(32-26-48)58-37-56-55(51-29-23-47(24-30-51)43-9-5-2-6-10-43)35-54(50-21-19-46(20-22-50)42-7-3-1-4-8-42)36-57(56)59(62-58)53-33-27-49(28-34-53)45-17-13-41(39-61)14-18-45/h1-37H. The second-order valence-electron chi connectivity index (χ2n) is 15.4. The number of hydrogen-bond donors (Lipinski definition) is 0. The Bertz CT molecular complexity index is 3270. The van der Waals surface area contributed by atoms with E-state index in [2.05, 4.69) is 176 Å². The van der Waals surface area contributed by atoms with Gasteiger partial charge in [-0.15, -0.1) is 0 Å². The summed E-state index contributed by atoms with van der Waals surface area (Å²) in [7, 11) is 0. The second kappa shape index (κ2) is 16.6. The first-order valence-electron chi connectivity index (χ1n) is 20.6. The van der Waals surface area contributed by atoms with Crippen LogP contribution in [0.1, 0.15) is 11.1 Å². The van der Waals surface area contributed by atoms with Crippen LogP contribution in [0, 0.1) is 22.7 Å². The maximum atomic E-state index is 9.37. The van der Waals surface area contributed by atoms with E-state index >= 15 is 0 Å². The fourth-order valence-corrected chi connectivity index (χ4v) is 8.21. The summed E-state index contributed by atoms with van der Waals surface area (Å²) in [6, 6.07) is 82.5. The lowest BCUT2D eigenvalue weighted by molar-refractivity contribution is 1.35. The van der Waals surface area contributed by atoms with Crippen molar-refractivity contribution in [3.8, 4) is 101 Å². The molecule has 0 aliphatic rings. The maximum absolute atomic E-state index is 9.37. The third-order valence-corrected chi connectivity index (χ3v) is 11.6. The molecule has 0 unspecified atom stereocenters. The van der Waals surface area contributed by atoms with Gasteiger partial charge in [0.25, 0.3) is 0 Å². The van der Waals surface area contributed by atoms with Crippen molar-refractivity contribution >= 4 is 10.8 Å². The van der Waals surface area contributed by atoms with Crippen LogP contribution in [0.5, 0.6) is 0 Å². The molecule has 10 rings (SSSR count). The van der Waals surface area contributed by atoms with Crippen LogP contribution in [-0.2, 0) is 0 Å². The Morgan fingerprint density at radius 1 is 0.274 bits per heavy atom. The summed E-state index contributed by atoms with van der Waals surface area (Å²) >= 11 is 0. The Morgan fingerprint density at radius 2 is 0.613 bits per heavy atom. The van der Waals surface area contributed by atoms with E-state index < -0.39 is 0 Å². The fourth-order valence-electron chi connectivity index (χ4n) is 8.21. The van der Waals surface area contributed by atoms with Crippen molar-refractivity contribution < 1.29 is 0 Å². The van der Waals surface area contributed by atoms with Crippen LogP contribution in [0.3, 0.4) is 0 Å². The second-order valence-corrected chi connectivity index (χ2v) is 15.4. The van der Waals surface area contributed by atoms with Crippen molar-refractivity contribution in [1.82, 2.24) is 4.98 Å². The molecule has 0 fully saturated rings. The molecule has 0 aliphatic carbocycles. The first-order valence-corrected chi connectivity index (χ1v) is 20.6. The molecule has 0 bridgehead atoms. The third kappa shape index (κ3) is 7.55.